The largest absolute Gasteiger partial charge is 0.480 e. The predicted octanol–water partition coefficient (Wildman–Crippen LogP) is 0.241. The zero-order valence-electron chi connectivity index (χ0n) is 8.90. The third kappa shape index (κ3) is 1.26. The summed E-state index contributed by atoms with van der Waals surface area (Å²) in [6.45, 7) is 1.88. The fraction of sp³-hybridized carbons (Fsp3) is 0.600. The van der Waals surface area contributed by atoms with Gasteiger partial charge in [-0.15, -0.1) is 0 Å². The van der Waals surface area contributed by atoms with E-state index in [2.05, 4.69) is 5.10 Å². The van der Waals surface area contributed by atoms with Gasteiger partial charge in [0.2, 0.25) is 0 Å². The van der Waals surface area contributed by atoms with E-state index in [-0.39, 0.29) is 5.92 Å². The number of nitrogens with zero attached hydrogens (tertiary/aromatic N) is 2. The van der Waals surface area contributed by atoms with Crippen LogP contribution in [0.1, 0.15) is 24.6 Å². The maximum Gasteiger partial charge on any atom is 0.328 e. The molecule has 0 bridgehead atoms. The second-order valence-corrected chi connectivity index (χ2v) is 4.28. The first-order valence-corrected chi connectivity index (χ1v) is 5.01. The molecular weight excluding hydrogens is 194 g/mol. The van der Waals surface area contributed by atoms with E-state index in [1.807, 2.05) is 6.92 Å². The fourth-order valence-corrected chi connectivity index (χ4v) is 2.24. The summed E-state index contributed by atoms with van der Waals surface area (Å²) in [5.41, 5.74) is 6.22. The summed E-state index contributed by atoms with van der Waals surface area (Å²) < 4.78 is 1.63. The molecule has 1 aliphatic rings. The Hall–Kier alpha value is -1.36. The zero-order valence-corrected chi connectivity index (χ0v) is 8.90. The van der Waals surface area contributed by atoms with Gasteiger partial charge in [0, 0.05) is 18.8 Å². The van der Waals surface area contributed by atoms with Gasteiger partial charge in [0.25, 0.3) is 0 Å². The van der Waals surface area contributed by atoms with Gasteiger partial charge in [0.05, 0.1) is 5.69 Å². The second-order valence-electron chi connectivity index (χ2n) is 4.28. The Bertz CT molecular complexity index is 413. The maximum absolute atomic E-state index is 11.3. The van der Waals surface area contributed by atoms with Crippen LogP contribution in [0, 0.1) is 5.92 Å². The smallest absolute Gasteiger partial charge is 0.328 e. The lowest BCUT2D eigenvalue weighted by molar-refractivity contribution is -0.146. The van der Waals surface area contributed by atoms with Crippen LogP contribution in [0.15, 0.2) is 6.20 Å². The number of hydrogen-bond acceptors (Lipinski definition) is 3. The standard InChI is InChI=1S/C10H15N3O2/c1-6-3-4-8-7(5-13(2)12-8)10(6,11)9(14)15/h5-6H,3-4,11H2,1-2H3,(H,14,15). The first-order chi connectivity index (χ1) is 6.96. The Morgan fingerprint density at radius 2 is 2.47 bits per heavy atom. The topological polar surface area (TPSA) is 81.1 Å². The van der Waals surface area contributed by atoms with E-state index < -0.39 is 11.5 Å². The van der Waals surface area contributed by atoms with Crippen LogP contribution in [-0.2, 0) is 23.8 Å². The van der Waals surface area contributed by atoms with E-state index in [0.29, 0.717) is 5.56 Å². The number of fused-ring (bicyclic) bond motifs is 1. The average Bonchev–Trinajstić information content (AvgIpc) is 2.53. The summed E-state index contributed by atoms with van der Waals surface area (Å²) in [4.78, 5) is 11.3. The molecule has 15 heavy (non-hydrogen) atoms. The Labute approximate surface area is 87.9 Å². The Kier molecular flexibility index (Phi) is 2.08. The van der Waals surface area contributed by atoms with Crippen LogP contribution in [0.5, 0.6) is 0 Å². The Balaban J connectivity index is 2.59. The molecular formula is C10H15N3O2. The molecule has 1 aromatic rings. The lowest BCUT2D eigenvalue weighted by atomic mass is 9.73. The molecule has 0 amide bonds. The van der Waals surface area contributed by atoms with Crippen LogP contribution in [-0.4, -0.2) is 20.9 Å². The Morgan fingerprint density at radius 1 is 1.80 bits per heavy atom. The van der Waals surface area contributed by atoms with Crippen LogP contribution in [0.3, 0.4) is 0 Å². The number of carboxylic acid groups (broad SMARTS) is 1. The maximum atomic E-state index is 11.3. The highest BCUT2D eigenvalue weighted by molar-refractivity contribution is 5.81. The van der Waals surface area contributed by atoms with Gasteiger partial charge in [0.1, 0.15) is 5.54 Å². The van der Waals surface area contributed by atoms with Crippen molar-refractivity contribution in [2.24, 2.45) is 18.7 Å². The molecule has 0 saturated carbocycles. The van der Waals surface area contributed by atoms with Crippen LogP contribution in [0.4, 0.5) is 0 Å². The fourth-order valence-electron chi connectivity index (χ4n) is 2.24. The number of rotatable bonds is 1. The molecule has 2 rings (SSSR count). The van der Waals surface area contributed by atoms with Crippen LogP contribution < -0.4 is 5.73 Å². The van der Waals surface area contributed by atoms with Crippen molar-refractivity contribution < 1.29 is 9.90 Å². The number of aryl methyl sites for hydroxylation is 2. The first kappa shape index (κ1) is 10.2. The zero-order chi connectivity index (χ0) is 11.2. The lowest BCUT2D eigenvalue weighted by Crippen LogP contribution is -2.52. The van der Waals surface area contributed by atoms with Crippen molar-refractivity contribution in [3.8, 4) is 0 Å². The molecule has 0 saturated heterocycles. The average molecular weight is 209 g/mol. The number of aromatic nitrogens is 2. The summed E-state index contributed by atoms with van der Waals surface area (Å²) in [7, 11) is 1.78. The SMILES string of the molecule is CC1CCc2nn(C)cc2C1(N)C(=O)O. The third-order valence-electron chi connectivity index (χ3n) is 3.30. The van der Waals surface area contributed by atoms with Gasteiger partial charge >= 0.3 is 5.97 Å². The minimum absolute atomic E-state index is 0.0632. The van der Waals surface area contributed by atoms with E-state index in [1.54, 1.807) is 17.9 Å². The highest BCUT2D eigenvalue weighted by Crippen LogP contribution is 2.37. The second kappa shape index (κ2) is 3.06. The molecule has 2 unspecified atom stereocenters. The summed E-state index contributed by atoms with van der Waals surface area (Å²) in [6, 6.07) is 0. The highest BCUT2D eigenvalue weighted by atomic mass is 16.4. The molecule has 5 heteroatoms. The monoisotopic (exact) mass is 209 g/mol. The van der Waals surface area contributed by atoms with Crippen molar-refractivity contribution in [3.63, 3.8) is 0 Å². The number of carbonyl (C=O) groups is 1. The third-order valence-corrected chi connectivity index (χ3v) is 3.30. The van der Waals surface area contributed by atoms with E-state index in [9.17, 15) is 9.90 Å². The Morgan fingerprint density at radius 3 is 3.07 bits per heavy atom. The van der Waals surface area contributed by atoms with Crippen molar-refractivity contribution in [1.29, 1.82) is 0 Å². The van der Waals surface area contributed by atoms with Gasteiger partial charge in [-0.25, -0.2) is 4.79 Å². The number of aliphatic carboxylic acids is 1. The van der Waals surface area contributed by atoms with Crippen molar-refractivity contribution >= 4 is 5.97 Å². The van der Waals surface area contributed by atoms with Crippen LogP contribution in [0.25, 0.3) is 0 Å². The van der Waals surface area contributed by atoms with E-state index in [4.69, 9.17) is 5.73 Å². The summed E-state index contributed by atoms with van der Waals surface area (Å²) in [5, 5.41) is 13.5. The van der Waals surface area contributed by atoms with Gasteiger partial charge in [-0.2, -0.15) is 5.10 Å². The molecule has 0 radical (unpaired) electrons. The molecule has 0 fully saturated rings. The van der Waals surface area contributed by atoms with Crippen molar-refractivity contribution in [1.82, 2.24) is 9.78 Å². The predicted molar refractivity (Wildman–Crippen MR) is 54.2 cm³/mol. The molecule has 0 aliphatic heterocycles. The van der Waals surface area contributed by atoms with E-state index in [0.717, 1.165) is 18.5 Å². The van der Waals surface area contributed by atoms with Gasteiger partial charge in [-0.05, 0) is 18.8 Å². The molecule has 0 spiro atoms. The van der Waals surface area contributed by atoms with Gasteiger partial charge in [-0.3, -0.25) is 4.68 Å². The van der Waals surface area contributed by atoms with Gasteiger partial charge in [0.15, 0.2) is 0 Å². The molecule has 0 aromatic carbocycles. The normalized spacial score (nSPS) is 29.9. The summed E-state index contributed by atoms with van der Waals surface area (Å²) in [6.07, 6.45) is 3.30. The summed E-state index contributed by atoms with van der Waals surface area (Å²) >= 11 is 0. The first-order valence-electron chi connectivity index (χ1n) is 5.01. The van der Waals surface area contributed by atoms with Crippen molar-refractivity contribution in [3.05, 3.63) is 17.5 Å². The highest BCUT2D eigenvalue weighted by Gasteiger charge is 2.46. The molecule has 3 N–H and O–H groups in total. The summed E-state index contributed by atoms with van der Waals surface area (Å²) in [5.74, 6) is -1.03. The number of nitrogens with two attached hydrogens (primary N) is 1. The van der Waals surface area contributed by atoms with Crippen LogP contribution >= 0.6 is 0 Å². The molecule has 1 aliphatic carbocycles. The van der Waals surface area contributed by atoms with Crippen LogP contribution in [0.2, 0.25) is 0 Å². The quantitative estimate of drug-likeness (QED) is 0.694. The van der Waals surface area contributed by atoms with Gasteiger partial charge in [-0.1, -0.05) is 6.92 Å². The van der Waals surface area contributed by atoms with E-state index >= 15 is 0 Å². The molecule has 1 heterocycles. The van der Waals surface area contributed by atoms with Crippen molar-refractivity contribution in [2.45, 2.75) is 25.3 Å². The van der Waals surface area contributed by atoms with Gasteiger partial charge < -0.3 is 10.8 Å². The van der Waals surface area contributed by atoms with Crippen molar-refractivity contribution in [2.75, 3.05) is 0 Å². The minimum atomic E-state index is -1.28. The molecule has 5 nitrogen and oxygen atoms in total. The molecule has 2 atom stereocenters. The number of hydrogen-bond donors (Lipinski definition) is 2. The van der Waals surface area contributed by atoms with E-state index in [1.165, 1.54) is 0 Å². The molecule has 82 valence electrons. The lowest BCUT2D eigenvalue weighted by Gasteiger charge is -2.34. The molecule has 1 aromatic heterocycles. The minimum Gasteiger partial charge on any atom is -0.480 e. The number of carboxylic acids is 1.